The summed E-state index contributed by atoms with van der Waals surface area (Å²) < 4.78 is 27.4. The fourth-order valence-corrected chi connectivity index (χ4v) is 2.55. The normalized spacial score (nSPS) is 17.1. The average molecular weight is 279 g/mol. The first-order valence-electron chi connectivity index (χ1n) is 6.94. The first kappa shape index (κ1) is 14.9. The van der Waals surface area contributed by atoms with Crippen LogP contribution < -0.4 is 5.32 Å². The summed E-state index contributed by atoms with van der Waals surface area (Å²) in [6, 6.07) is 4.25. The number of nitriles is 1. The van der Waals surface area contributed by atoms with Crippen molar-refractivity contribution >= 4 is 0 Å². The molecule has 5 heteroatoms. The molecule has 0 radical (unpaired) electrons. The molecule has 1 atom stereocenters. The molecule has 1 aromatic carbocycles. The van der Waals surface area contributed by atoms with E-state index in [1.54, 1.807) is 6.07 Å². The van der Waals surface area contributed by atoms with Gasteiger partial charge in [0.2, 0.25) is 0 Å². The Morgan fingerprint density at radius 2 is 1.90 bits per heavy atom. The minimum atomic E-state index is -0.664. The highest BCUT2D eigenvalue weighted by molar-refractivity contribution is 5.34. The minimum absolute atomic E-state index is 0.00220. The van der Waals surface area contributed by atoms with E-state index < -0.39 is 11.6 Å². The zero-order valence-electron chi connectivity index (χ0n) is 11.6. The lowest BCUT2D eigenvalue weighted by atomic mass is 10.1. The fraction of sp³-hybridized carbons (Fsp3) is 0.533. The SMILES string of the molecule is CC(CNCc1c(F)cc(C#N)cc1F)N1CCCC1. The van der Waals surface area contributed by atoms with E-state index in [0.29, 0.717) is 12.6 Å². The van der Waals surface area contributed by atoms with Crippen LogP contribution in [0.25, 0.3) is 0 Å². The second kappa shape index (κ2) is 6.78. The van der Waals surface area contributed by atoms with Crippen LogP contribution in [0.2, 0.25) is 0 Å². The van der Waals surface area contributed by atoms with Crippen LogP contribution in [0.15, 0.2) is 12.1 Å². The maximum Gasteiger partial charge on any atom is 0.131 e. The van der Waals surface area contributed by atoms with Gasteiger partial charge in [0.05, 0.1) is 11.6 Å². The summed E-state index contributed by atoms with van der Waals surface area (Å²) in [5.74, 6) is -1.33. The number of hydrogen-bond acceptors (Lipinski definition) is 3. The zero-order valence-corrected chi connectivity index (χ0v) is 11.6. The summed E-state index contributed by atoms with van der Waals surface area (Å²) in [6.07, 6.45) is 2.45. The van der Waals surface area contributed by atoms with E-state index in [1.165, 1.54) is 12.8 Å². The van der Waals surface area contributed by atoms with Crippen molar-refractivity contribution in [3.05, 3.63) is 34.9 Å². The first-order valence-corrected chi connectivity index (χ1v) is 6.94. The molecule has 1 saturated heterocycles. The summed E-state index contributed by atoms with van der Waals surface area (Å²) in [4.78, 5) is 2.37. The fourth-order valence-electron chi connectivity index (χ4n) is 2.55. The predicted octanol–water partition coefficient (Wildman–Crippen LogP) is 2.41. The molecule has 3 nitrogen and oxygen atoms in total. The molecular weight excluding hydrogens is 260 g/mol. The maximum atomic E-state index is 13.7. The van der Waals surface area contributed by atoms with Gasteiger partial charge in [-0.2, -0.15) is 5.26 Å². The Hall–Kier alpha value is -1.51. The molecule has 2 rings (SSSR count). The Labute approximate surface area is 118 Å². The highest BCUT2D eigenvalue weighted by Gasteiger charge is 2.18. The molecule has 1 aliphatic rings. The van der Waals surface area contributed by atoms with Gasteiger partial charge >= 0.3 is 0 Å². The van der Waals surface area contributed by atoms with Crippen molar-refractivity contribution in [1.82, 2.24) is 10.2 Å². The summed E-state index contributed by atoms with van der Waals surface area (Å²) in [5.41, 5.74) is 0.00630. The summed E-state index contributed by atoms with van der Waals surface area (Å²) in [5, 5.41) is 11.7. The number of likely N-dealkylation sites (tertiary alicyclic amines) is 1. The van der Waals surface area contributed by atoms with Gasteiger partial charge in [-0.25, -0.2) is 8.78 Å². The zero-order chi connectivity index (χ0) is 14.5. The lowest BCUT2D eigenvalue weighted by molar-refractivity contribution is 0.251. The van der Waals surface area contributed by atoms with Gasteiger partial charge < -0.3 is 5.32 Å². The molecule has 0 spiro atoms. The van der Waals surface area contributed by atoms with Crippen molar-refractivity contribution in [3.8, 4) is 6.07 Å². The smallest absolute Gasteiger partial charge is 0.131 e. The van der Waals surface area contributed by atoms with Crippen molar-refractivity contribution < 1.29 is 8.78 Å². The standard InChI is InChI=1S/C15H19F2N3/c1-11(20-4-2-3-5-20)9-19-10-13-14(16)6-12(8-18)7-15(13)17/h6-7,11,19H,2-5,9-10H2,1H3. The molecule has 0 aromatic heterocycles. The topological polar surface area (TPSA) is 39.1 Å². The molecule has 0 aliphatic carbocycles. The molecule has 20 heavy (non-hydrogen) atoms. The van der Waals surface area contributed by atoms with Gasteiger partial charge in [-0.3, -0.25) is 4.90 Å². The van der Waals surface area contributed by atoms with Crippen LogP contribution in [0, 0.1) is 23.0 Å². The van der Waals surface area contributed by atoms with Gasteiger partial charge in [0.1, 0.15) is 11.6 Å². The number of nitrogens with zero attached hydrogens (tertiary/aromatic N) is 2. The second-order valence-electron chi connectivity index (χ2n) is 5.25. The minimum Gasteiger partial charge on any atom is -0.311 e. The molecular formula is C15H19F2N3. The van der Waals surface area contributed by atoms with Crippen molar-refractivity contribution in [1.29, 1.82) is 5.26 Å². The molecule has 1 aliphatic heterocycles. The van der Waals surface area contributed by atoms with E-state index >= 15 is 0 Å². The van der Waals surface area contributed by atoms with E-state index in [-0.39, 0.29) is 17.7 Å². The largest absolute Gasteiger partial charge is 0.311 e. The third-order valence-corrected chi connectivity index (χ3v) is 3.78. The second-order valence-corrected chi connectivity index (χ2v) is 5.25. The van der Waals surface area contributed by atoms with Crippen molar-refractivity contribution in [2.24, 2.45) is 0 Å². The number of halogens is 2. The number of nitrogens with one attached hydrogen (secondary N) is 1. The van der Waals surface area contributed by atoms with Crippen LogP contribution in [0.4, 0.5) is 8.78 Å². The third-order valence-electron chi connectivity index (χ3n) is 3.78. The molecule has 0 amide bonds. The van der Waals surface area contributed by atoms with Gasteiger partial charge in [0, 0.05) is 24.7 Å². The molecule has 1 heterocycles. The molecule has 1 fully saturated rings. The molecule has 0 bridgehead atoms. The maximum absolute atomic E-state index is 13.7. The van der Waals surface area contributed by atoms with Crippen LogP contribution in [0.1, 0.15) is 30.9 Å². The van der Waals surface area contributed by atoms with Crippen LogP contribution in [-0.4, -0.2) is 30.6 Å². The Kier molecular flexibility index (Phi) is 5.05. The van der Waals surface area contributed by atoms with E-state index in [0.717, 1.165) is 25.2 Å². The average Bonchev–Trinajstić information content (AvgIpc) is 2.95. The summed E-state index contributed by atoms with van der Waals surface area (Å²) in [6.45, 7) is 5.15. The third kappa shape index (κ3) is 3.53. The van der Waals surface area contributed by atoms with E-state index in [4.69, 9.17) is 5.26 Å². The first-order chi connectivity index (χ1) is 9.61. The van der Waals surface area contributed by atoms with Crippen molar-refractivity contribution in [2.75, 3.05) is 19.6 Å². The van der Waals surface area contributed by atoms with Gasteiger partial charge in [-0.1, -0.05) is 0 Å². The Bertz CT molecular complexity index is 481. The molecule has 1 aromatic rings. The van der Waals surface area contributed by atoms with E-state index in [2.05, 4.69) is 17.1 Å². The van der Waals surface area contributed by atoms with Crippen molar-refractivity contribution in [2.45, 2.75) is 32.4 Å². The van der Waals surface area contributed by atoms with Gasteiger partial charge in [0.25, 0.3) is 0 Å². The van der Waals surface area contributed by atoms with Crippen LogP contribution in [0.3, 0.4) is 0 Å². The Morgan fingerprint density at radius 3 is 2.45 bits per heavy atom. The van der Waals surface area contributed by atoms with Gasteiger partial charge in [0.15, 0.2) is 0 Å². The Balaban J connectivity index is 1.89. The molecule has 108 valence electrons. The lowest BCUT2D eigenvalue weighted by Crippen LogP contribution is -2.38. The van der Waals surface area contributed by atoms with E-state index in [9.17, 15) is 8.78 Å². The lowest BCUT2D eigenvalue weighted by Gasteiger charge is -2.24. The summed E-state index contributed by atoms with van der Waals surface area (Å²) >= 11 is 0. The van der Waals surface area contributed by atoms with Crippen molar-refractivity contribution in [3.63, 3.8) is 0 Å². The van der Waals surface area contributed by atoms with E-state index in [1.807, 2.05) is 0 Å². The monoisotopic (exact) mass is 279 g/mol. The number of rotatable bonds is 5. The van der Waals surface area contributed by atoms with Crippen LogP contribution in [0.5, 0.6) is 0 Å². The van der Waals surface area contributed by atoms with Gasteiger partial charge in [-0.05, 0) is 45.0 Å². The molecule has 0 saturated carbocycles. The quantitative estimate of drug-likeness (QED) is 0.899. The molecule has 1 N–H and O–H groups in total. The number of hydrogen-bond donors (Lipinski definition) is 1. The summed E-state index contributed by atoms with van der Waals surface area (Å²) in [7, 11) is 0. The van der Waals surface area contributed by atoms with Crippen LogP contribution in [-0.2, 0) is 6.54 Å². The Morgan fingerprint density at radius 1 is 1.30 bits per heavy atom. The molecule has 1 unspecified atom stereocenters. The van der Waals surface area contributed by atoms with Gasteiger partial charge in [-0.15, -0.1) is 0 Å². The highest BCUT2D eigenvalue weighted by Crippen LogP contribution is 2.15. The van der Waals surface area contributed by atoms with Crippen LogP contribution >= 0.6 is 0 Å². The predicted molar refractivity (Wildman–Crippen MR) is 73.0 cm³/mol. The number of benzene rings is 1. The highest BCUT2D eigenvalue weighted by atomic mass is 19.1.